The minimum atomic E-state index is -0.560. The Bertz CT molecular complexity index is 1000. The van der Waals surface area contributed by atoms with Crippen molar-refractivity contribution in [2.75, 3.05) is 13.2 Å². The van der Waals surface area contributed by atoms with Crippen molar-refractivity contribution in [3.8, 4) is 5.75 Å². The second-order valence-electron chi connectivity index (χ2n) is 6.34. The van der Waals surface area contributed by atoms with Gasteiger partial charge in [0.25, 0.3) is 0 Å². The summed E-state index contributed by atoms with van der Waals surface area (Å²) in [6.45, 7) is 1.50. The number of aliphatic hydroxyl groups is 1. The molecule has 4 aromatic rings. The number of aliphatic hydroxyl groups excluding tert-OH is 1. The largest absolute Gasteiger partial charge is 0.490 e. The number of hydrogen-bond acceptors (Lipinski definition) is 4. The molecule has 0 aliphatic heterocycles. The first-order valence-corrected chi connectivity index (χ1v) is 9.64. The molecule has 0 bridgehead atoms. The maximum atomic E-state index is 10.2. The number of thiophene rings is 1. The fraction of sp³-hybridized carbons (Fsp3) is 0.182. The van der Waals surface area contributed by atoms with Crippen LogP contribution < -0.4 is 10.1 Å². The minimum Gasteiger partial charge on any atom is -0.490 e. The molecule has 140 valence electrons. The highest BCUT2D eigenvalue weighted by molar-refractivity contribution is 7.18. The molecular formula is C22H22ClNO2S. The predicted molar refractivity (Wildman–Crippen MR) is 116 cm³/mol. The lowest BCUT2D eigenvalue weighted by atomic mass is 10.1. The van der Waals surface area contributed by atoms with Gasteiger partial charge in [-0.25, -0.2) is 0 Å². The Hall–Kier alpha value is -2.11. The number of benzene rings is 3. The first-order chi connectivity index (χ1) is 12.8. The summed E-state index contributed by atoms with van der Waals surface area (Å²) in [4.78, 5) is 0. The molecule has 2 N–H and O–H groups in total. The molecule has 0 fully saturated rings. The van der Waals surface area contributed by atoms with E-state index in [0.29, 0.717) is 6.54 Å². The molecule has 0 amide bonds. The molecule has 0 saturated carbocycles. The molecule has 5 heteroatoms. The molecule has 1 heterocycles. The third-order valence-corrected chi connectivity index (χ3v) is 5.37. The number of ether oxygens (including phenoxy) is 1. The predicted octanol–water partition coefficient (Wildman–Crippen LogP) is 5.01. The average molecular weight is 400 g/mol. The number of hydrogen-bond donors (Lipinski definition) is 2. The van der Waals surface area contributed by atoms with Crippen LogP contribution in [0.25, 0.3) is 20.9 Å². The first-order valence-electron chi connectivity index (χ1n) is 8.76. The molecule has 3 aromatic carbocycles. The Morgan fingerprint density at radius 2 is 1.70 bits per heavy atom. The van der Waals surface area contributed by atoms with E-state index in [1.807, 2.05) is 30.3 Å². The molecule has 0 aliphatic rings. The van der Waals surface area contributed by atoms with E-state index >= 15 is 0 Å². The van der Waals surface area contributed by atoms with Crippen LogP contribution in [-0.2, 0) is 6.54 Å². The third kappa shape index (κ3) is 4.60. The van der Waals surface area contributed by atoms with Gasteiger partial charge in [0.1, 0.15) is 18.5 Å². The van der Waals surface area contributed by atoms with Crippen LogP contribution in [0.3, 0.4) is 0 Å². The molecule has 4 rings (SSSR count). The summed E-state index contributed by atoms with van der Waals surface area (Å²) < 4.78 is 7.25. The molecule has 1 aromatic heterocycles. The maximum Gasteiger partial charge on any atom is 0.127 e. The Morgan fingerprint density at radius 1 is 0.963 bits per heavy atom. The van der Waals surface area contributed by atoms with Crippen LogP contribution >= 0.6 is 23.7 Å². The normalized spacial score (nSPS) is 12.0. The second kappa shape index (κ2) is 9.20. The van der Waals surface area contributed by atoms with Crippen LogP contribution in [0.1, 0.15) is 5.56 Å². The van der Waals surface area contributed by atoms with Crippen LogP contribution in [0, 0.1) is 0 Å². The fourth-order valence-corrected chi connectivity index (χ4v) is 4.03. The summed E-state index contributed by atoms with van der Waals surface area (Å²) in [5.41, 5.74) is 1.20. The molecule has 0 radical (unpaired) electrons. The van der Waals surface area contributed by atoms with E-state index < -0.39 is 6.10 Å². The number of fused-ring (bicyclic) bond motifs is 3. The third-order valence-electron chi connectivity index (χ3n) is 4.40. The van der Waals surface area contributed by atoms with E-state index in [-0.39, 0.29) is 19.0 Å². The topological polar surface area (TPSA) is 41.5 Å². The molecule has 27 heavy (non-hydrogen) atoms. The lowest BCUT2D eigenvalue weighted by Crippen LogP contribution is -2.31. The Labute approximate surface area is 169 Å². The van der Waals surface area contributed by atoms with Crippen molar-refractivity contribution in [3.63, 3.8) is 0 Å². The zero-order valence-electron chi connectivity index (χ0n) is 14.8. The van der Waals surface area contributed by atoms with Gasteiger partial charge < -0.3 is 15.2 Å². The van der Waals surface area contributed by atoms with Crippen molar-refractivity contribution >= 4 is 44.6 Å². The minimum absolute atomic E-state index is 0. The van der Waals surface area contributed by atoms with Crippen LogP contribution in [0.2, 0.25) is 0 Å². The molecule has 0 spiro atoms. The average Bonchev–Trinajstić information content (AvgIpc) is 3.16. The van der Waals surface area contributed by atoms with E-state index in [1.54, 1.807) is 11.3 Å². The zero-order valence-corrected chi connectivity index (χ0v) is 16.4. The first kappa shape index (κ1) is 19.6. The highest BCUT2D eigenvalue weighted by Crippen LogP contribution is 2.36. The summed E-state index contributed by atoms with van der Waals surface area (Å²) in [7, 11) is 0. The standard InChI is InChI=1S/C22H21NO2S.ClH/c24-18(14-23-13-16-6-2-1-3-7-16)15-25-21-12-17-10-11-26-22(17)20-9-5-4-8-19(20)21;/h1-12,18,23-24H,13-15H2;1H. The van der Waals surface area contributed by atoms with Gasteiger partial charge in [0.05, 0.1) is 0 Å². The van der Waals surface area contributed by atoms with E-state index in [2.05, 4.69) is 47.1 Å². The van der Waals surface area contributed by atoms with Crippen molar-refractivity contribution in [2.45, 2.75) is 12.6 Å². The fourth-order valence-electron chi connectivity index (χ4n) is 3.11. The number of halogens is 1. The monoisotopic (exact) mass is 399 g/mol. The Kier molecular flexibility index (Phi) is 6.69. The van der Waals surface area contributed by atoms with Gasteiger partial charge in [0.15, 0.2) is 0 Å². The van der Waals surface area contributed by atoms with Gasteiger partial charge in [-0.2, -0.15) is 0 Å². The Balaban J connectivity index is 0.00000210. The zero-order chi connectivity index (χ0) is 17.8. The summed E-state index contributed by atoms with van der Waals surface area (Å²) in [5, 5.41) is 19.1. The van der Waals surface area contributed by atoms with E-state index in [9.17, 15) is 5.11 Å². The molecule has 0 saturated heterocycles. The smallest absolute Gasteiger partial charge is 0.127 e. The quantitative estimate of drug-likeness (QED) is 0.459. The van der Waals surface area contributed by atoms with Crippen LogP contribution in [0.5, 0.6) is 5.75 Å². The van der Waals surface area contributed by atoms with Crippen LogP contribution in [-0.4, -0.2) is 24.4 Å². The van der Waals surface area contributed by atoms with E-state index in [0.717, 1.165) is 17.7 Å². The molecule has 0 aliphatic carbocycles. The Morgan fingerprint density at radius 3 is 2.52 bits per heavy atom. The maximum absolute atomic E-state index is 10.2. The van der Waals surface area contributed by atoms with Gasteiger partial charge in [-0.15, -0.1) is 23.7 Å². The van der Waals surface area contributed by atoms with Gasteiger partial charge in [-0.1, -0.05) is 54.6 Å². The lowest BCUT2D eigenvalue weighted by Gasteiger charge is -2.15. The van der Waals surface area contributed by atoms with Crippen LogP contribution in [0.15, 0.2) is 72.1 Å². The molecule has 3 nitrogen and oxygen atoms in total. The summed E-state index contributed by atoms with van der Waals surface area (Å²) in [5.74, 6) is 0.827. The van der Waals surface area contributed by atoms with Crippen molar-refractivity contribution in [1.82, 2.24) is 5.32 Å². The second-order valence-corrected chi connectivity index (χ2v) is 7.26. The molecule has 1 unspecified atom stereocenters. The van der Waals surface area contributed by atoms with Crippen molar-refractivity contribution in [3.05, 3.63) is 77.7 Å². The van der Waals surface area contributed by atoms with Gasteiger partial charge >= 0.3 is 0 Å². The summed E-state index contributed by atoms with van der Waals surface area (Å²) in [6.07, 6.45) is -0.560. The molecule has 1 atom stereocenters. The van der Waals surface area contributed by atoms with E-state index in [1.165, 1.54) is 21.0 Å². The van der Waals surface area contributed by atoms with Gasteiger partial charge in [0.2, 0.25) is 0 Å². The SMILES string of the molecule is Cl.OC(CNCc1ccccc1)COc1cc2ccsc2c2ccccc12. The lowest BCUT2D eigenvalue weighted by molar-refractivity contribution is 0.107. The van der Waals surface area contributed by atoms with Gasteiger partial charge in [-0.3, -0.25) is 0 Å². The molecular weight excluding hydrogens is 378 g/mol. The van der Waals surface area contributed by atoms with Crippen molar-refractivity contribution < 1.29 is 9.84 Å². The van der Waals surface area contributed by atoms with Crippen molar-refractivity contribution in [1.29, 1.82) is 0 Å². The van der Waals surface area contributed by atoms with Gasteiger partial charge in [0, 0.05) is 28.6 Å². The highest BCUT2D eigenvalue weighted by Gasteiger charge is 2.11. The van der Waals surface area contributed by atoms with Crippen molar-refractivity contribution in [2.24, 2.45) is 0 Å². The highest BCUT2D eigenvalue weighted by atomic mass is 35.5. The van der Waals surface area contributed by atoms with Gasteiger partial charge in [-0.05, 0) is 28.5 Å². The summed E-state index contributed by atoms with van der Waals surface area (Å²) >= 11 is 1.74. The number of nitrogens with one attached hydrogen (secondary N) is 1. The van der Waals surface area contributed by atoms with E-state index in [4.69, 9.17) is 4.74 Å². The van der Waals surface area contributed by atoms with Crippen LogP contribution in [0.4, 0.5) is 0 Å². The number of rotatable bonds is 7. The summed E-state index contributed by atoms with van der Waals surface area (Å²) in [6, 6.07) is 22.6.